The Morgan fingerprint density at radius 2 is 1.88 bits per heavy atom. The van der Waals surface area contributed by atoms with Gasteiger partial charge in [-0.1, -0.05) is 37.0 Å². The lowest BCUT2D eigenvalue weighted by Gasteiger charge is -2.27. The molecule has 1 fully saturated rings. The summed E-state index contributed by atoms with van der Waals surface area (Å²) in [6.07, 6.45) is 6.95. The van der Waals surface area contributed by atoms with Crippen LogP contribution in [-0.4, -0.2) is 48.0 Å². The van der Waals surface area contributed by atoms with Crippen LogP contribution in [0.5, 0.6) is 5.75 Å². The van der Waals surface area contributed by atoms with Gasteiger partial charge < -0.3 is 9.64 Å². The van der Waals surface area contributed by atoms with E-state index in [0.29, 0.717) is 12.3 Å². The number of nitrogens with zero attached hydrogens (tertiary/aromatic N) is 2. The molecular formula is C21H32N2O2. The van der Waals surface area contributed by atoms with Gasteiger partial charge >= 0.3 is 0 Å². The lowest BCUT2D eigenvalue weighted by Crippen LogP contribution is -2.38. The molecule has 0 saturated carbocycles. The Balaban J connectivity index is 1.57. The summed E-state index contributed by atoms with van der Waals surface area (Å²) in [6.45, 7) is 8.68. The Hall–Kier alpha value is -1.55. The van der Waals surface area contributed by atoms with Gasteiger partial charge in [0.25, 0.3) is 0 Å². The van der Waals surface area contributed by atoms with Gasteiger partial charge in [-0.3, -0.25) is 9.69 Å². The van der Waals surface area contributed by atoms with Crippen LogP contribution < -0.4 is 4.74 Å². The molecule has 4 heteroatoms. The number of fused-ring (bicyclic) bond motifs is 1. The Bertz CT molecular complexity index is 579. The van der Waals surface area contributed by atoms with Gasteiger partial charge in [-0.05, 0) is 32.8 Å². The van der Waals surface area contributed by atoms with Gasteiger partial charge in [-0.15, -0.1) is 0 Å². The minimum atomic E-state index is 0.153. The largest absolute Gasteiger partial charge is 0.489 e. The number of amides is 1. The molecule has 0 aromatic heterocycles. The SMILES string of the molecule is Cc1ccc2c(c1)CN(CCC(=O)N1CCCCCCC1)CC(C)O2. The lowest BCUT2D eigenvalue weighted by molar-refractivity contribution is -0.132. The Morgan fingerprint density at radius 3 is 2.64 bits per heavy atom. The van der Waals surface area contributed by atoms with Crippen LogP contribution in [0.2, 0.25) is 0 Å². The fourth-order valence-corrected chi connectivity index (χ4v) is 3.95. The summed E-state index contributed by atoms with van der Waals surface area (Å²) >= 11 is 0. The molecule has 0 radical (unpaired) electrons. The average Bonchev–Trinajstić information content (AvgIpc) is 2.69. The fourth-order valence-electron chi connectivity index (χ4n) is 3.95. The summed E-state index contributed by atoms with van der Waals surface area (Å²) < 4.78 is 6.06. The maximum Gasteiger partial charge on any atom is 0.223 e. The molecule has 1 aromatic carbocycles. The molecule has 0 aliphatic carbocycles. The third kappa shape index (κ3) is 5.21. The highest BCUT2D eigenvalue weighted by Gasteiger charge is 2.22. The number of benzene rings is 1. The molecule has 138 valence electrons. The number of likely N-dealkylation sites (tertiary alicyclic amines) is 1. The van der Waals surface area contributed by atoms with Gasteiger partial charge in [-0.2, -0.15) is 0 Å². The van der Waals surface area contributed by atoms with Crippen LogP contribution in [0.3, 0.4) is 0 Å². The third-order valence-corrected chi connectivity index (χ3v) is 5.30. The molecule has 4 nitrogen and oxygen atoms in total. The molecule has 1 aromatic rings. The van der Waals surface area contributed by atoms with E-state index in [2.05, 4.69) is 41.8 Å². The van der Waals surface area contributed by atoms with Crippen molar-refractivity contribution in [3.05, 3.63) is 29.3 Å². The van der Waals surface area contributed by atoms with E-state index < -0.39 is 0 Å². The van der Waals surface area contributed by atoms with Crippen LogP contribution in [-0.2, 0) is 11.3 Å². The van der Waals surface area contributed by atoms with Crippen molar-refractivity contribution in [3.8, 4) is 5.75 Å². The maximum atomic E-state index is 12.6. The highest BCUT2D eigenvalue weighted by atomic mass is 16.5. The zero-order valence-electron chi connectivity index (χ0n) is 15.8. The molecule has 3 rings (SSSR count). The highest BCUT2D eigenvalue weighted by Crippen LogP contribution is 2.26. The fraction of sp³-hybridized carbons (Fsp3) is 0.667. The van der Waals surface area contributed by atoms with Crippen molar-refractivity contribution in [2.24, 2.45) is 0 Å². The molecule has 2 heterocycles. The van der Waals surface area contributed by atoms with Crippen LogP contribution in [0, 0.1) is 6.92 Å². The van der Waals surface area contributed by atoms with Crippen LogP contribution in [0.1, 0.15) is 56.6 Å². The molecule has 0 N–H and O–H groups in total. The molecule has 2 aliphatic rings. The van der Waals surface area contributed by atoms with Crippen molar-refractivity contribution in [1.29, 1.82) is 0 Å². The van der Waals surface area contributed by atoms with Crippen molar-refractivity contribution in [2.75, 3.05) is 26.2 Å². The number of carbonyl (C=O) groups excluding carboxylic acids is 1. The maximum absolute atomic E-state index is 12.6. The van der Waals surface area contributed by atoms with E-state index in [4.69, 9.17) is 4.74 Å². The summed E-state index contributed by atoms with van der Waals surface area (Å²) in [5.74, 6) is 1.32. The summed E-state index contributed by atoms with van der Waals surface area (Å²) in [6, 6.07) is 6.39. The first kappa shape index (κ1) is 18.2. The van der Waals surface area contributed by atoms with Crippen molar-refractivity contribution < 1.29 is 9.53 Å². The van der Waals surface area contributed by atoms with Crippen molar-refractivity contribution in [2.45, 2.75) is 65.0 Å². The number of ether oxygens (including phenoxy) is 1. The molecular weight excluding hydrogens is 312 g/mol. The first-order chi connectivity index (χ1) is 12.1. The third-order valence-electron chi connectivity index (χ3n) is 5.30. The quantitative estimate of drug-likeness (QED) is 0.837. The van der Waals surface area contributed by atoms with Crippen molar-refractivity contribution >= 4 is 5.91 Å². The summed E-state index contributed by atoms with van der Waals surface area (Å²) in [5, 5.41) is 0. The molecule has 2 aliphatic heterocycles. The van der Waals surface area contributed by atoms with Gasteiger partial charge in [-0.25, -0.2) is 0 Å². The van der Waals surface area contributed by atoms with E-state index >= 15 is 0 Å². The van der Waals surface area contributed by atoms with Crippen LogP contribution in [0.4, 0.5) is 0 Å². The van der Waals surface area contributed by atoms with Crippen LogP contribution in [0.25, 0.3) is 0 Å². The molecule has 1 unspecified atom stereocenters. The van der Waals surface area contributed by atoms with Gasteiger partial charge in [0, 0.05) is 44.7 Å². The lowest BCUT2D eigenvalue weighted by atomic mass is 10.1. The van der Waals surface area contributed by atoms with E-state index in [9.17, 15) is 4.79 Å². The summed E-state index contributed by atoms with van der Waals surface area (Å²) in [5.41, 5.74) is 2.50. The van der Waals surface area contributed by atoms with Crippen molar-refractivity contribution in [3.63, 3.8) is 0 Å². The minimum absolute atomic E-state index is 0.153. The second kappa shape index (κ2) is 8.70. The summed E-state index contributed by atoms with van der Waals surface area (Å²) in [7, 11) is 0. The zero-order valence-corrected chi connectivity index (χ0v) is 15.8. The first-order valence-electron chi connectivity index (χ1n) is 9.88. The van der Waals surface area contributed by atoms with Gasteiger partial charge in [0.2, 0.25) is 5.91 Å². The topological polar surface area (TPSA) is 32.8 Å². The molecule has 0 spiro atoms. The van der Waals surface area contributed by atoms with Crippen molar-refractivity contribution in [1.82, 2.24) is 9.80 Å². The normalized spacial score (nSPS) is 22.3. The number of hydrogen-bond donors (Lipinski definition) is 0. The molecule has 1 atom stereocenters. The van der Waals surface area contributed by atoms with E-state index in [1.807, 2.05) is 0 Å². The highest BCUT2D eigenvalue weighted by molar-refractivity contribution is 5.76. The second-order valence-electron chi connectivity index (χ2n) is 7.67. The Labute approximate surface area is 152 Å². The van der Waals surface area contributed by atoms with E-state index in [1.165, 1.54) is 30.4 Å². The van der Waals surface area contributed by atoms with Gasteiger partial charge in [0.1, 0.15) is 11.9 Å². The molecule has 1 saturated heterocycles. The summed E-state index contributed by atoms with van der Waals surface area (Å²) in [4.78, 5) is 17.1. The first-order valence-corrected chi connectivity index (χ1v) is 9.88. The van der Waals surface area contributed by atoms with Crippen LogP contribution >= 0.6 is 0 Å². The number of rotatable bonds is 3. The van der Waals surface area contributed by atoms with Gasteiger partial charge in [0.15, 0.2) is 0 Å². The van der Waals surface area contributed by atoms with E-state index in [0.717, 1.165) is 51.3 Å². The van der Waals surface area contributed by atoms with Crippen LogP contribution in [0.15, 0.2) is 18.2 Å². The van der Waals surface area contributed by atoms with E-state index in [-0.39, 0.29) is 6.10 Å². The Morgan fingerprint density at radius 1 is 1.16 bits per heavy atom. The number of aryl methyl sites for hydroxylation is 1. The molecule has 1 amide bonds. The average molecular weight is 344 g/mol. The monoisotopic (exact) mass is 344 g/mol. The number of hydrogen-bond acceptors (Lipinski definition) is 3. The predicted molar refractivity (Wildman–Crippen MR) is 101 cm³/mol. The van der Waals surface area contributed by atoms with E-state index in [1.54, 1.807) is 0 Å². The zero-order chi connectivity index (χ0) is 17.6. The van der Waals surface area contributed by atoms with Gasteiger partial charge in [0.05, 0.1) is 0 Å². The standard InChI is InChI=1S/C21H32N2O2/c1-17-8-9-20-19(14-17)16-22(15-18(2)25-20)13-10-21(24)23-11-6-4-3-5-7-12-23/h8-9,14,18H,3-7,10-13,15-16H2,1-2H3. The Kier molecular flexibility index (Phi) is 6.35. The number of carbonyl (C=O) groups is 1. The second-order valence-corrected chi connectivity index (χ2v) is 7.67. The molecule has 25 heavy (non-hydrogen) atoms. The smallest absolute Gasteiger partial charge is 0.223 e. The predicted octanol–water partition coefficient (Wildman–Crippen LogP) is 3.76. The molecule has 0 bridgehead atoms. The minimum Gasteiger partial charge on any atom is -0.489 e.